The number of fused-ring (bicyclic) bond motifs is 2. The number of aromatic amines is 1. The van der Waals surface area contributed by atoms with Gasteiger partial charge in [0.05, 0.1) is 44.6 Å². The zero-order valence-corrected chi connectivity index (χ0v) is 13.2. The van der Waals surface area contributed by atoms with E-state index in [1.165, 1.54) is 0 Å². The van der Waals surface area contributed by atoms with Crippen molar-refractivity contribution >= 4 is 45.1 Å². The summed E-state index contributed by atoms with van der Waals surface area (Å²) in [5.41, 5.74) is 4.48. The number of halogens is 2. The minimum Gasteiger partial charge on any atom is -0.360 e. The number of rotatable bonds is 1. The molecule has 0 aliphatic carbocycles. The molecule has 0 aliphatic heterocycles. The number of nitrogens with one attached hydrogen (secondary N) is 1. The average molecular weight is 339 g/mol. The highest BCUT2D eigenvalue weighted by molar-refractivity contribution is 6.42. The predicted molar refractivity (Wildman–Crippen MR) is 91.6 cm³/mol. The Kier molecular flexibility index (Phi) is 3.19. The summed E-state index contributed by atoms with van der Waals surface area (Å²) < 4.78 is 0. The Labute approximate surface area is 141 Å². The fraction of sp³-hybridized carbons (Fsp3) is 0. The molecule has 0 radical (unpaired) electrons. The van der Waals surface area contributed by atoms with Gasteiger partial charge in [-0.15, -0.1) is 0 Å². The fourth-order valence-corrected chi connectivity index (χ4v) is 2.86. The Bertz CT molecular complexity index is 1110. The first kappa shape index (κ1) is 14.0. The highest BCUT2D eigenvalue weighted by atomic mass is 35.5. The van der Waals surface area contributed by atoms with Gasteiger partial charge >= 0.3 is 0 Å². The van der Waals surface area contributed by atoms with Crippen molar-refractivity contribution in [1.82, 2.24) is 15.0 Å². The van der Waals surface area contributed by atoms with E-state index in [2.05, 4.69) is 21.0 Å². The lowest BCUT2D eigenvalue weighted by Gasteiger charge is -2.03. The zero-order valence-electron chi connectivity index (χ0n) is 11.6. The van der Waals surface area contributed by atoms with Crippen LogP contribution in [-0.4, -0.2) is 15.0 Å². The Hall–Kier alpha value is -2.61. The molecule has 4 nitrogen and oxygen atoms in total. The Morgan fingerprint density at radius 2 is 1.83 bits per heavy atom. The summed E-state index contributed by atoms with van der Waals surface area (Å²) in [5, 5.41) is 10.9. The molecular weight excluding hydrogens is 331 g/mol. The zero-order chi connectivity index (χ0) is 16.0. The van der Waals surface area contributed by atoms with Gasteiger partial charge in [-0.05, 0) is 30.3 Å². The average Bonchev–Trinajstić information content (AvgIpc) is 2.98. The van der Waals surface area contributed by atoms with Crippen LogP contribution in [0.15, 0.2) is 42.7 Å². The van der Waals surface area contributed by atoms with E-state index in [9.17, 15) is 0 Å². The number of benzene rings is 2. The molecule has 1 N–H and O–H groups in total. The smallest absolute Gasteiger partial charge is 0.0991 e. The molecule has 6 heteroatoms. The van der Waals surface area contributed by atoms with Gasteiger partial charge in [-0.2, -0.15) is 5.26 Å². The highest BCUT2D eigenvalue weighted by Gasteiger charge is 2.11. The van der Waals surface area contributed by atoms with Gasteiger partial charge in [-0.25, -0.2) is 4.98 Å². The van der Waals surface area contributed by atoms with E-state index in [1.807, 2.05) is 18.3 Å². The van der Waals surface area contributed by atoms with E-state index < -0.39 is 0 Å². The summed E-state index contributed by atoms with van der Waals surface area (Å²) in [5.74, 6) is 0. The summed E-state index contributed by atoms with van der Waals surface area (Å²) >= 11 is 12.1. The number of hydrogen-bond acceptors (Lipinski definition) is 3. The van der Waals surface area contributed by atoms with Gasteiger partial charge in [0.2, 0.25) is 0 Å². The second-order valence-electron chi connectivity index (χ2n) is 5.08. The fourth-order valence-electron chi connectivity index (χ4n) is 2.54. The molecule has 0 amide bonds. The molecule has 2 aromatic carbocycles. The third-order valence-corrected chi connectivity index (χ3v) is 4.39. The van der Waals surface area contributed by atoms with Crippen LogP contribution < -0.4 is 0 Å². The van der Waals surface area contributed by atoms with Crippen molar-refractivity contribution in [1.29, 1.82) is 5.26 Å². The Morgan fingerprint density at radius 3 is 2.61 bits per heavy atom. The van der Waals surface area contributed by atoms with E-state index in [0.717, 1.165) is 16.5 Å². The van der Waals surface area contributed by atoms with Gasteiger partial charge in [-0.3, -0.25) is 4.98 Å². The van der Waals surface area contributed by atoms with E-state index in [4.69, 9.17) is 28.5 Å². The van der Waals surface area contributed by atoms with Gasteiger partial charge in [0, 0.05) is 22.7 Å². The third-order valence-electron chi connectivity index (χ3n) is 3.67. The maximum atomic E-state index is 9.08. The Morgan fingerprint density at radius 1 is 1.04 bits per heavy atom. The molecule has 110 valence electrons. The van der Waals surface area contributed by atoms with E-state index in [-0.39, 0.29) is 0 Å². The minimum atomic E-state index is 0.441. The van der Waals surface area contributed by atoms with Crippen LogP contribution in [-0.2, 0) is 0 Å². The normalized spacial score (nSPS) is 11.0. The molecule has 23 heavy (non-hydrogen) atoms. The molecule has 4 rings (SSSR count). The van der Waals surface area contributed by atoms with Crippen molar-refractivity contribution in [3.05, 3.63) is 58.3 Å². The number of hydrogen-bond donors (Lipinski definition) is 1. The number of nitrogens with zero attached hydrogens (tertiary/aromatic N) is 3. The third kappa shape index (κ3) is 2.31. The lowest BCUT2D eigenvalue weighted by atomic mass is 10.1. The molecule has 2 aromatic heterocycles. The molecule has 4 aromatic rings. The minimum absolute atomic E-state index is 0.441. The molecule has 0 unspecified atom stereocenters. The first-order chi connectivity index (χ1) is 11.2. The van der Waals surface area contributed by atoms with Gasteiger partial charge in [0.1, 0.15) is 0 Å². The van der Waals surface area contributed by atoms with Gasteiger partial charge in [0.25, 0.3) is 0 Å². The molecule has 0 saturated heterocycles. The van der Waals surface area contributed by atoms with Crippen molar-refractivity contribution in [2.45, 2.75) is 0 Å². The van der Waals surface area contributed by atoms with Crippen molar-refractivity contribution in [2.75, 3.05) is 0 Å². The lowest BCUT2D eigenvalue weighted by molar-refractivity contribution is 1.30. The van der Waals surface area contributed by atoms with Crippen LogP contribution >= 0.6 is 23.2 Å². The first-order valence-corrected chi connectivity index (χ1v) is 7.55. The Balaban J connectivity index is 1.95. The van der Waals surface area contributed by atoms with E-state index in [0.29, 0.717) is 32.3 Å². The molecule has 0 bridgehead atoms. The highest BCUT2D eigenvalue weighted by Crippen LogP contribution is 2.30. The molecule has 0 atom stereocenters. The second kappa shape index (κ2) is 5.24. The predicted octanol–water partition coefficient (Wildman–Crippen LogP) is 4.96. The van der Waals surface area contributed by atoms with Gasteiger partial charge in [0.15, 0.2) is 0 Å². The maximum Gasteiger partial charge on any atom is 0.0991 e. The van der Waals surface area contributed by atoms with Gasteiger partial charge in [-0.1, -0.05) is 23.2 Å². The quantitative estimate of drug-likeness (QED) is 0.533. The largest absolute Gasteiger partial charge is 0.360 e. The summed E-state index contributed by atoms with van der Waals surface area (Å²) in [6.07, 6.45) is 3.55. The number of aromatic nitrogens is 3. The van der Waals surface area contributed by atoms with E-state index in [1.54, 1.807) is 24.4 Å². The van der Waals surface area contributed by atoms with Crippen LogP contribution in [0.2, 0.25) is 10.0 Å². The van der Waals surface area contributed by atoms with Crippen LogP contribution in [0.4, 0.5) is 0 Å². The maximum absolute atomic E-state index is 9.08. The topological polar surface area (TPSA) is 65.4 Å². The van der Waals surface area contributed by atoms with Crippen LogP contribution in [0.3, 0.4) is 0 Å². The SMILES string of the molecule is N#Cc1ccc2[nH]cc(-c3cnc4cc(Cl)c(Cl)cc4n3)c2c1. The summed E-state index contributed by atoms with van der Waals surface area (Å²) in [4.78, 5) is 12.2. The molecule has 0 aliphatic rings. The standard InChI is InChI=1S/C17H8Cl2N4/c18-12-4-15-16(5-13(12)19)23-17(8-22-15)11-7-21-14-2-1-9(6-20)3-10(11)14/h1-5,7-8,21H. The van der Waals surface area contributed by atoms with Crippen LogP contribution in [0.5, 0.6) is 0 Å². The second-order valence-corrected chi connectivity index (χ2v) is 5.90. The molecule has 2 heterocycles. The monoisotopic (exact) mass is 338 g/mol. The molecule has 0 spiro atoms. The van der Waals surface area contributed by atoms with Crippen molar-refractivity contribution in [3.63, 3.8) is 0 Å². The molecule has 0 saturated carbocycles. The van der Waals surface area contributed by atoms with E-state index >= 15 is 0 Å². The first-order valence-electron chi connectivity index (χ1n) is 6.79. The molecule has 0 fully saturated rings. The van der Waals surface area contributed by atoms with Crippen LogP contribution in [0, 0.1) is 11.3 Å². The van der Waals surface area contributed by atoms with Gasteiger partial charge < -0.3 is 4.98 Å². The molecular formula is C17H8Cl2N4. The summed E-state index contributed by atoms with van der Waals surface area (Å²) in [6, 6.07) is 11.0. The number of nitriles is 1. The van der Waals surface area contributed by atoms with Crippen molar-refractivity contribution in [3.8, 4) is 17.3 Å². The summed E-state index contributed by atoms with van der Waals surface area (Å²) in [7, 11) is 0. The summed E-state index contributed by atoms with van der Waals surface area (Å²) in [6.45, 7) is 0. The van der Waals surface area contributed by atoms with Crippen LogP contribution in [0.1, 0.15) is 5.56 Å². The van der Waals surface area contributed by atoms with Crippen LogP contribution in [0.25, 0.3) is 33.2 Å². The van der Waals surface area contributed by atoms with Crippen molar-refractivity contribution in [2.24, 2.45) is 0 Å². The number of H-pyrrole nitrogens is 1. The lowest BCUT2D eigenvalue weighted by Crippen LogP contribution is -1.88. The van der Waals surface area contributed by atoms with Crippen molar-refractivity contribution < 1.29 is 0 Å².